The molecule has 1 amide bonds. The molecule has 1 aliphatic rings. The Balaban J connectivity index is 1.50. The third-order valence-corrected chi connectivity index (χ3v) is 6.19. The minimum atomic E-state index is -0.361. The molecule has 1 aromatic heterocycles. The predicted molar refractivity (Wildman–Crippen MR) is 119 cm³/mol. The number of nitrogens with one attached hydrogen (secondary N) is 1. The first-order valence-corrected chi connectivity index (χ1v) is 10.8. The van der Waals surface area contributed by atoms with Crippen LogP contribution in [0.2, 0.25) is 0 Å². The molecule has 0 spiro atoms. The Morgan fingerprint density at radius 2 is 1.87 bits per heavy atom. The maximum atomic E-state index is 14.8. The number of anilines is 2. The highest BCUT2D eigenvalue weighted by molar-refractivity contribution is 7.17. The van der Waals surface area contributed by atoms with Crippen molar-refractivity contribution in [1.29, 1.82) is 0 Å². The molecule has 30 heavy (non-hydrogen) atoms. The van der Waals surface area contributed by atoms with Gasteiger partial charge in [-0.2, -0.15) is 0 Å². The Labute approximate surface area is 179 Å². The number of benzene rings is 2. The fourth-order valence-corrected chi connectivity index (χ4v) is 4.68. The summed E-state index contributed by atoms with van der Waals surface area (Å²) in [5, 5.41) is 3.59. The van der Waals surface area contributed by atoms with Gasteiger partial charge in [-0.25, -0.2) is 9.37 Å². The smallest absolute Gasteiger partial charge is 0.267 e. The molecule has 1 N–H and O–H groups in total. The fourth-order valence-electron chi connectivity index (χ4n) is 3.71. The quantitative estimate of drug-likeness (QED) is 0.630. The van der Waals surface area contributed by atoms with Crippen molar-refractivity contribution in [3.05, 3.63) is 64.9 Å². The van der Waals surface area contributed by atoms with Crippen molar-refractivity contribution >= 4 is 28.6 Å². The summed E-state index contributed by atoms with van der Waals surface area (Å²) in [6.45, 7) is 7.04. The van der Waals surface area contributed by atoms with E-state index in [2.05, 4.69) is 10.3 Å². The molecule has 2 atom stereocenters. The molecule has 2 aromatic carbocycles. The number of aryl methyl sites for hydroxylation is 1. The first-order chi connectivity index (χ1) is 14.4. The van der Waals surface area contributed by atoms with Crippen molar-refractivity contribution in [2.24, 2.45) is 0 Å². The molecule has 1 saturated heterocycles. The fraction of sp³-hybridized carbons (Fsp3) is 0.304. The van der Waals surface area contributed by atoms with Crippen LogP contribution in [0.5, 0.6) is 0 Å². The number of carbonyl (C=O) groups is 1. The third-order valence-electron chi connectivity index (χ3n) is 4.99. The van der Waals surface area contributed by atoms with Crippen molar-refractivity contribution in [1.82, 2.24) is 4.98 Å². The number of aromatic nitrogens is 1. The van der Waals surface area contributed by atoms with Gasteiger partial charge in [0.1, 0.15) is 15.7 Å². The Morgan fingerprint density at radius 1 is 1.17 bits per heavy atom. The van der Waals surface area contributed by atoms with Crippen LogP contribution in [0, 0.1) is 12.7 Å². The van der Waals surface area contributed by atoms with Crippen molar-refractivity contribution < 1.29 is 13.9 Å². The van der Waals surface area contributed by atoms with Crippen LogP contribution in [0.3, 0.4) is 0 Å². The van der Waals surface area contributed by atoms with Gasteiger partial charge in [-0.15, -0.1) is 11.3 Å². The summed E-state index contributed by atoms with van der Waals surface area (Å²) in [5.74, 6) is -0.645. The summed E-state index contributed by atoms with van der Waals surface area (Å²) in [4.78, 5) is 19.8. The summed E-state index contributed by atoms with van der Waals surface area (Å²) in [7, 11) is 0. The third kappa shape index (κ3) is 4.37. The monoisotopic (exact) mass is 425 g/mol. The lowest BCUT2D eigenvalue weighted by atomic mass is 10.2. The van der Waals surface area contributed by atoms with Crippen LogP contribution in [0.1, 0.15) is 29.2 Å². The maximum Gasteiger partial charge on any atom is 0.267 e. The van der Waals surface area contributed by atoms with Gasteiger partial charge < -0.3 is 15.0 Å². The molecule has 1 fully saturated rings. The first kappa shape index (κ1) is 20.5. The second kappa shape index (κ2) is 8.53. The minimum absolute atomic E-state index is 0.0423. The van der Waals surface area contributed by atoms with E-state index in [1.165, 1.54) is 17.4 Å². The SMILES string of the molecule is Cc1nc(-c2ccccc2)sc1C(=O)Nc1ccc(N2CC(C)OC(C)C2)c(F)c1. The second-order valence-electron chi connectivity index (χ2n) is 7.58. The van der Waals surface area contributed by atoms with Crippen LogP contribution in [-0.2, 0) is 4.74 Å². The zero-order chi connectivity index (χ0) is 21.3. The van der Waals surface area contributed by atoms with Crippen LogP contribution < -0.4 is 10.2 Å². The number of hydrogen-bond donors (Lipinski definition) is 1. The van der Waals surface area contributed by atoms with Crippen LogP contribution in [0.25, 0.3) is 10.6 Å². The number of nitrogens with zero attached hydrogens (tertiary/aromatic N) is 2. The molecule has 2 heterocycles. The Morgan fingerprint density at radius 3 is 2.53 bits per heavy atom. The van der Waals surface area contributed by atoms with Crippen LogP contribution >= 0.6 is 11.3 Å². The lowest BCUT2D eigenvalue weighted by Crippen LogP contribution is -2.45. The summed E-state index contributed by atoms with van der Waals surface area (Å²) >= 11 is 1.33. The van der Waals surface area contributed by atoms with Crippen LogP contribution in [0.15, 0.2) is 48.5 Å². The molecule has 0 saturated carbocycles. The summed E-state index contributed by atoms with van der Waals surface area (Å²) in [6.07, 6.45) is 0.0845. The molecular formula is C23H24FN3O2S. The molecule has 0 bridgehead atoms. The number of ether oxygens (including phenoxy) is 1. The van der Waals surface area contributed by atoms with Gasteiger partial charge in [-0.1, -0.05) is 30.3 Å². The molecule has 156 valence electrons. The van der Waals surface area contributed by atoms with E-state index in [1.54, 1.807) is 12.1 Å². The molecule has 5 nitrogen and oxygen atoms in total. The number of morpholine rings is 1. The first-order valence-electron chi connectivity index (χ1n) is 9.95. The normalized spacial score (nSPS) is 19.0. The van der Waals surface area contributed by atoms with Crippen molar-refractivity contribution in [2.45, 2.75) is 33.0 Å². The van der Waals surface area contributed by atoms with E-state index in [4.69, 9.17) is 4.74 Å². The molecule has 0 aliphatic carbocycles. The lowest BCUT2D eigenvalue weighted by molar-refractivity contribution is -0.00539. The number of hydrogen-bond acceptors (Lipinski definition) is 5. The summed E-state index contributed by atoms with van der Waals surface area (Å²) in [5.41, 5.74) is 2.57. The second-order valence-corrected chi connectivity index (χ2v) is 8.58. The molecule has 2 unspecified atom stereocenters. The highest BCUT2D eigenvalue weighted by atomic mass is 32.1. The average molecular weight is 426 g/mol. The van der Waals surface area contributed by atoms with E-state index in [9.17, 15) is 9.18 Å². The van der Waals surface area contributed by atoms with E-state index in [0.29, 0.717) is 35.0 Å². The zero-order valence-electron chi connectivity index (χ0n) is 17.2. The van der Waals surface area contributed by atoms with E-state index in [0.717, 1.165) is 10.6 Å². The van der Waals surface area contributed by atoms with E-state index in [1.807, 2.05) is 56.0 Å². The predicted octanol–water partition coefficient (Wildman–Crippen LogP) is 5.12. The van der Waals surface area contributed by atoms with E-state index < -0.39 is 0 Å². The highest BCUT2D eigenvalue weighted by Gasteiger charge is 2.24. The number of amides is 1. The Hall–Kier alpha value is -2.77. The average Bonchev–Trinajstić information content (AvgIpc) is 3.10. The van der Waals surface area contributed by atoms with Gasteiger partial charge >= 0.3 is 0 Å². The molecule has 3 aromatic rings. The molecular weight excluding hydrogens is 401 g/mol. The van der Waals surface area contributed by atoms with E-state index in [-0.39, 0.29) is 23.9 Å². The lowest BCUT2D eigenvalue weighted by Gasteiger charge is -2.37. The van der Waals surface area contributed by atoms with Crippen molar-refractivity contribution in [2.75, 3.05) is 23.3 Å². The molecule has 0 radical (unpaired) electrons. The standard InChI is InChI=1S/C23H24FN3O2S/c1-14-12-27(13-15(2)29-14)20-10-9-18(11-19(20)24)26-22(28)21-16(3)25-23(30-21)17-7-5-4-6-8-17/h4-11,14-15H,12-13H2,1-3H3,(H,26,28). The number of halogens is 1. The van der Waals surface area contributed by atoms with E-state index >= 15 is 0 Å². The van der Waals surface area contributed by atoms with Gasteiger partial charge in [0, 0.05) is 24.3 Å². The molecule has 7 heteroatoms. The number of carbonyl (C=O) groups excluding carboxylic acids is 1. The van der Waals surface area contributed by atoms with Gasteiger partial charge in [0.25, 0.3) is 5.91 Å². The molecule has 1 aliphatic heterocycles. The van der Waals surface area contributed by atoms with Gasteiger partial charge in [0.05, 0.1) is 23.6 Å². The van der Waals surface area contributed by atoms with Gasteiger partial charge in [-0.3, -0.25) is 4.79 Å². The van der Waals surface area contributed by atoms with Crippen LogP contribution in [-0.4, -0.2) is 36.2 Å². The van der Waals surface area contributed by atoms with Gasteiger partial charge in [0.2, 0.25) is 0 Å². The Kier molecular flexibility index (Phi) is 5.83. The zero-order valence-corrected chi connectivity index (χ0v) is 18.0. The Bertz CT molecular complexity index is 1040. The highest BCUT2D eigenvalue weighted by Crippen LogP contribution is 2.30. The maximum absolute atomic E-state index is 14.8. The number of rotatable bonds is 4. The van der Waals surface area contributed by atoms with Gasteiger partial charge in [-0.05, 0) is 39.0 Å². The summed E-state index contributed by atoms with van der Waals surface area (Å²) < 4.78 is 20.5. The van der Waals surface area contributed by atoms with Crippen LogP contribution in [0.4, 0.5) is 15.8 Å². The van der Waals surface area contributed by atoms with Crippen molar-refractivity contribution in [3.63, 3.8) is 0 Å². The van der Waals surface area contributed by atoms with Crippen molar-refractivity contribution in [3.8, 4) is 10.6 Å². The van der Waals surface area contributed by atoms with Gasteiger partial charge in [0.15, 0.2) is 0 Å². The number of thiazole rings is 1. The molecule has 4 rings (SSSR count). The topological polar surface area (TPSA) is 54.5 Å². The summed E-state index contributed by atoms with van der Waals surface area (Å²) in [6, 6.07) is 14.5. The largest absolute Gasteiger partial charge is 0.372 e. The minimum Gasteiger partial charge on any atom is -0.372 e.